The van der Waals surface area contributed by atoms with Crippen LogP contribution in [0.25, 0.3) is 0 Å². The van der Waals surface area contributed by atoms with Crippen molar-refractivity contribution in [3.05, 3.63) is 36.3 Å². The Morgan fingerprint density at radius 1 is 1.40 bits per heavy atom. The van der Waals surface area contributed by atoms with Crippen LogP contribution >= 0.6 is 0 Å². The van der Waals surface area contributed by atoms with Gasteiger partial charge < -0.3 is 19.2 Å². The zero-order chi connectivity index (χ0) is 17.5. The second-order valence-electron chi connectivity index (χ2n) is 7.32. The minimum Gasteiger partial charge on any atom is -0.481 e. The Morgan fingerprint density at radius 2 is 2.20 bits per heavy atom. The zero-order valence-corrected chi connectivity index (χ0v) is 13.5. The van der Waals surface area contributed by atoms with Crippen LogP contribution < -0.4 is 0 Å². The summed E-state index contributed by atoms with van der Waals surface area (Å²) in [7, 11) is 0. The Hall–Kier alpha value is -2.41. The number of hydrogen-bond acceptors (Lipinski definition) is 5. The summed E-state index contributed by atoms with van der Waals surface area (Å²) in [5.41, 5.74) is -1.04. The molecule has 25 heavy (non-hydrogen) atoms. The maximum absolute atomic E-state index is 13.3. The van der Waals surface area contributed by atoms with E-state index in [-0.39, 0.29) is 18.1 Å². The molecule has 5 heterocycles. The van der Waals surface area contributed by atoms with Gasteiger partial charge in [0.2, 0.25) is 5.91 Å². The number of rotatable bonds is 2. The predicted octanol–water partition coefficient (Wildman–Crippen LogP) is 1.16. The van der Waals surface area contributed by atoms with Crippen molar-refractivity contribution < 1.29 is 28.6 Å². The van der Waals surface area contributed by atoms with Gasteiger partial charge in [-0.1, -0.05) is 19.1 Å². The fourth-order valence-corrected chi connectivity index (χ4v) is 5.25. The molecular formula is C18H17NO6. The van der Waals surface area contributed by atoms with Gasteiger partial charge in [-0.15, -0.1) is 0 Å². The second-order valence-corrected chi connectivity index (χ2v) is 7.32. The summed E-state index contributed by atoms with van der Waals surface area (Å²) in [6.45, 7) is 1.79. The number of amides is 1. The number of carboxylic acids is 1. The van der Waals surface area contributed by atoms with Gasteiger partial charge in [-0.3, -0.25) is 14.4 Å². The number of furan rings is 1. The number of piperidine rings is 1. The summed E-state index contributed by atoms with van der Waals surface area (Å²) < 4.78 is 11.5. The van der Waals surface area contributed by atoms with Crippen molar-refractivity contribution in [1.82, 2.24) is 4.90 Å². The third kappa shape index (κ3) is 1.62. The van der Waals surface area contributed by atoms with Gasteiger partial charge in [-0.25, -0.2) is 0 Å². The van der Waals surface area contributed by atoms with E-state index in [0.717, 1.165) is 0 Å². The highest BCUT2D eigenvalue weighted by molar-refractivity contribution is 5.95. The van der Waals surface area contributed by atoms with E-state index in [9.17, 15) is 19.5 Å². The van der Waals surface area contributed by atoms with Crippen LogP contribution in [0.2, 0.25) is 0 Å². The molecular weight excluding hydrogens is 326 g/mol. The normalized spacial score (nSPS) is 44.3. The first-order valence-electron chi connectivity index (χ1n) is 8.44. The van der Waals surface area contributed by atoms with E-state index >= 15 is 0 Å². The Balaban J connectivity index is 1.67. The highest BCUT2D eigenvalue weighted by Gasteiger charge is 2.74. The van der Waals surface area contributed by atoms with Crippen molar-refractivity contribution in [2.75, 3.05) is 0 Å². The molecule has 1 spiro atoms. The topological polar surface area (TPSA) is 97.1 Å². The molecule has 3 fully saturated rings. The van der Waals surface area contributed by atoms with E-state index in [4.69, 9.17) is 9.15 Å². The number of ketones is 1. The maximum atomic E-state index is 13.3. The number of carbonyl (C=O) groups excluding carboxylic acids is 2. The molecule has 0 unspecified atom stereocenters. The van der Waals surface area contributed by atoms with Gasteiger partial charge in [0.1, 0.15) is 23.1 Å². The third-order valence-electron chi connectivity index (χ3n) is 6.24. The van der Waals surface area contributed by atoms with Crippen LogP contribution in [-0.4, -0.2) is 45.4 Å². The molecule has 0 saturated carbocycles. The molecule has 0 aromatic carbocycles. The van der Waals surface area contributed by atoms with Crippen LogP contribution in [0, 0.1) is 17.8 Å². The number of nitrogens with zero attached hydrogens (tertiary/aromatic N) is 1. The lowest BCUT2D eigenvalue weighted by Gasteiger charge is -2.43. The summed E-state index contributed by atoms with van der Waals surface area (Å²) in [5.74, 6) is -2.85. The van der Waals surface area contributed by atoms with Crippen LogP contribution in [0.3, 0.4) is 0 Å². The van der Waals surface area contributed by atoms with E-state index in [1.54, 1.807) is 36.1 Å². The molecule has 2 bridgehead atoms. The average Bonchev–Trinajstić information content (AvgIpc) is 3.32. The maximum Gasteiger partial charge on any atom is 0.310 e. The van der Waals surface area contributed by atoms with Gasteiger partial charge in [0.05, 0.1) is 30.4 Å². The minimum absolute atomic E-state index is 0.0321. The molecule has 7 atom stereocenters. The van der Waals surface area contributed by atoms with Gasteiger partial charge in [0.25, 0.3) is 0 Å². The van der Waals surface area contributed by atoms with Crippen LogP contribution in [0.4, 0.5) is 0 Å². The number of carbonyl (C=O) groups is 3. The fourth-order valence-electron chi connectivity index (χ4n) is 5.25. The van der Waals surface area contributed by atoms with Crippen LogP contribution in [0.1, 0.15) is 25.1 Å². The molecule has 7 nitrogen and oxygen atoms in total. The quantitative estimate of drug-likeness (QED) is 0.810. The van der Waals surface area contributed by atoms with E-state index in [1.165, 1.54) is 6.26 Å². The summed E-state index contributed by atoms with van der Waals surface area (Å²) in [5, 5.41) is 9.63. The van der Waals surface area contributed by atoms with Gasteiger partial charge in [0.15, 0.2) is 0 Å². The van der Waals surface area contributed by atoms with E-state index in [2.05, 4.69) is 0 Å². The molecule has 1 N–H and O–H groups in total. The summed E-state index contributed by atoms with van der Waals surface area (Å²) in [6, 6.07) is 2.44. The van der Waals surface area contributed by atoms with Gasteiger partial charge >= 0.3 is 5.97 Å². The second kappa shape index (κ2) is 4.60. The molecule has 5 rings (SSSR count). The largest absolute Gasteiger partial charge is 0.481 e. The van der Waals surface area contributed by atoms with Crippen molar-refractivity contribution in [1.29, 1.82) is 0 Å². The van der Waals surface area contributed by atoms with Crippen molar-refractivity contribution in [2.45, 2.75) is 37.1 Å². The molecule has 4 aliphatic rings. The molecule has 0 radical (unpaired) electrons. The number of aliphatic carboxylic acids is 1. The van der Waals surface area contributed by atoms with Crippen LogP contribution in [-0.2, 0) is 19.1 Å². The van der Waals surface area contributed by atoms with Crippen molar-refractivity contribution >= 4 is 17.7 Å². The first-order chi connectivity index (χ1) is 12.0. The molecule has 0 aliphatic carbocycles. The number of carboxylic acid groups (broad SMARTS) is 1. The van der Waals surface area contributed by atoms with E-state index in [0.29, 0.717) is 5.76 Å². The lowest BCUT2D eigenvalue weighted by atomic mass is 9.71. The number of hydrogen-bond donors (Lipinski definition) is 1. The molecule has 4 aliphatic heterocycles. The Labute approximate surface area is 143 Å². The van der Waals surface area contributed by atoms with E-state index in [1.807, 2.05) is 0 Å². The first kappa shape index (κ1) is 14.9. The zero-order valence-electron chi connectivity index (χ0n) is 13.5. The summed E-state index contributed by atoms with van der Waals surface area (Å²) in [4.78, 5) is 39.3. The van der Waals surface area contributed by atoms with Gasteiger partial charge in [-0.05, 0) is 12.1 Å². The standard InChI is InChI=1S/C18H17NO6/c1-8-10(20)7-9(11-3-2-6-24-11)19-15(8)18-5-4-12(25-18)13(17(22)23)14(18)16(19)21/h2-6,8-9,12-15H,7H2,1H3,(H,22,23)/t8-,9-,12+,13+,14+,15-,18+/m1/s1. The fraction of sp³-hybridized carbons (Fsp3) is 0.500. The SMILES string of the molecule is C[C@@H]1C(=O)C[C@H](c2ccco2)N2C(=O)[C@@H]3[C@@H](C(=O)O)[C@@H]4C=C[C@@]3(O4)[C@@H]12. The number of fused-ring (bicyclic) bond motifs is 2. The Bertz CT molecular complexity index is 814. The summed E-state index contributed by atoms with van der Waals surface area (Å²) >= 11 is 0. The lowest BCUT2D eigenvalue weighted by Crippen LogP contribution is -2.55. The number of ether oxygens (including phenoxy) is 1. The Kier molecular flexibility index (Phi) is 2.74. The minimum atomic E-state index is -1.04. The predicted molar refractivity (Wildman–Crippen MR) is 82.2 cm³/mol. The number of Topliss-reactive ketones (excluding diaryl/α,β-unsaturated/α-hetero) is 1. The molecule has 1 aromatic heterocycles. The smallest absolute Gasteiger partial charge is 0.310 e. The van der Waals surface area contributed by atoms with Crippen LogP contribution in [0.15, 0.2) is 35.0 Å². The monoisotopic (exact) mass is 343 g/mol. The van der Waals surface area contributed by atoms with Gasteiger partial charge in [0, 0.05) is 12.3 Å². The molecule has 1 aromatic rings. The first-order valence-corrected chi connectivity index (χ1v) is 8.44. The lowest BCUT2D eigenvalue weighted by molar-refractivity contribution is -0.152. The highest BCUT2D eigenvalue weighted by atomic mass is 16.5. The van der Waals surface area contributed by atoms with Crippen LogP contribution in [0.5, 0.6) is 0 Å². The van der Waals surface area contributed by atoms with Crippen molar-refractivity contribution in [3.63, 3.8) is 0 Å². The Morgan fingerprint density at radius 3 is 2.88 bits per heavy atom. The van der Waals surface area contributed by atoms with E-state index < -0.39 is 47.5 Å². The molecule has 7 heteroatoms. The highest BCUT2D eigenvalue weighted by Crippen LogP contribution is 2.59. The van der Waals surface area contributed by atoms with Gasteiger partial charge in [-0.2, -0.15) is 0 Å². The van der Waals surface area contributed by atoms with Crippen molar-refractivity contribution in [3.8, 4) is 0 Å². The molecule has 3 saturated heterocycles. The molecule has 130 valence electrons. The third-order valence-corrected chi connectivity index (χ3v) is 6.24. The molecule has 1 amide bonds. The average molecular weight is 343 g/mol. The summed E-state index contributed by atoms with van der Waals surface area (Å²) in [6.07, 6.45) is 4.59. The van der Waals surface area contributed by atoms with Crippen molar-refractivity contribution in [2.24, 2.45) is 17.8 Å².